The second kappa shape index (κ2) is 22.9. The number of amides is 1. The van der Waals surface area contributed by atoms with Gasteiger partial charge in [0.15, 0.2) is 11.5 Å². The predicted molar refractivity (Wildman–Crippen MR) is 301 cm³/mol. The van der Waals surface area contributed by atoms with Crippen LogP contribution in [0.4, 0.5) is 21.6 Å². The Hall–Kier alpha value is -6.58. The minimum Gasteiger partial charge on any atom is -0.758 e. The molecule has 20 heteroatoms. The fourth-order valence-corrected chi connectivity index (χ4v) is 13.3. The molecule has 1 atom stereocenters. The van der Waals surface area contributed by atoms with E-state index in [9.17, 15) is 23.5 Å². The van der Waals surface area contributed by atoms with E-state index in [1.807, 2.05) is 19.2 Å². The molecule has 422 valence electrons. The van der Waals surface area contributed by atoms with Crippen LogP contribution in [0.2, 0.25) is 0 Å². The first kappa shape index (κ1) is 55.7. The number of benzene rings is 2. The number of fused-ring (bicyclic) bond motifs is 1. The van der Waals surface area contributed by atoms with Gasteiger partial charge in [0.05, 0.1) is 43.9 Å². The van der Waals surface area contributed by atoms with Crippen molar-refractivity contribution < 1.29 is 41.7 Å². The highest BCUT2D eigenvalue weighted by atomic mass is 32.2. The predicted octanol–water partition coefficient (Wildman–Crippen LogP) is 9.39. The number of pyridine rings is 3. The lowest BCUT2D eigenvalue weighted by Gasteiger charge is -2.58. The van der Waals surface area contributed by atoms with E-state index < -0.39 is 32.3 Å². The van der Waals surface area contributed by atoms with Crippen LogP contribution in [0.15, 0.2) is 84.0 Å². The molecule has 1 amide bonds. The normalized spacial score (nSPS) is 21.5. The number of piperidine rings is 1. The summed E-state index contributed by atoms with van der Waals surface area (Å²) in [4.78, 5) is 34.8. The Labute approximate surface area is 463 Å². The zero-order valence-corrected chi connectivity index (χ0v) is 47.1. The lowest BCUT2D eigenvalue weighted by atomic mass is 9.59. The summed E-state index contributed by atoms with van der Waals surface area (Å²) in [7, 11) is 1.28. The Balaban J connectivity index is 0.853. The van der Waals surface area contributed by atoms with Crippen molar-refractivity contribution in [3.05, 3.63) is 118 Å². The molecule has 5 heterocycles. The molecule has 0 bridgehead atoms. The lowest BCUT2D eigenvalue weighted by molar-refractivity contribution is -0.0628. The van der Waals surface area contributed by atoms with Crippen LogP contribution in [0.25, 0.3) is 5.83 Å². The first-order valence-electron chi connectivity index (χ1n) is 27.4. The zero-order valence-electron chi connectivity index (χ0n) is 46.3. The standard InChI is InChI=1S/C59H73FN9O9S/c1-37(2)43-10-8-9-11-44(43)50-36-67(35-39-26-52(75-5)56(76-6)63-33-39)24-25-69(50)41-30-59(31-41)20-22-68(23-21-59)40-12-13-45(51(27-40)78-53-29-46-47(60)14-15-48(46)64-57(53)77-7)55(70)65-79(73,74)42-28-49(66(4)72)54(62-34-42)61-32-38-16-18-58(3,71)19-17-38/h8-14,26-29,33-34,37-38,41,50,71H,15-25,30-32,35-36H2,1-7H3,(H,61,62)(H,65,70)/q-1. The van der Waals surface area contributed by atoms with E-state index in [2.05, 4.69) is 77.8 Å². The molecule has 5 aromatic rings. The Morgan fingerprint density at radius 1 is 0.911 bits per heavy atom. The summed E-state index contributed by atoms with van der Waals surface area (Å²) in [5, 5.41) is 26.9. The molecule has 79 heavy (non-hydrogen) atoms. The second-order valence-electron chi connectivity index (χ2n) is 22.7. The number of hydrogen-bond donors (Lipinski definition) is 3. The summed E-state index contributed by atoms with van der Waals surface area (Å²) in [6, 6.07) is 19.2. The average molecular weight is 1100 g/mol. The van der Waals surface area contributed by atoms with E-state index in [0.29, 0.717) is 53.7 Å². The molecule has 1 spiro atoms. The number of anilines is 3. The van der Waals surface area contributed by atoms with Gasteiger partial charge in [-0.2, -0.15) is 0 Å². The van der Waals surface area contributed by atoms with Crippen LogP contribution in [0.1, 0.15) is 122 Å². The molecule has 1 unspecified atom stereocenters. The van der Waals surface area contributed by atoms with Crippen molar-refractivity contribution in [2.45, 2.75) is 114 Å². The first-order chi connectivity index (χ1) is 37.8. The number of carbonyl (C=O) groups is 1. The number of carbonyl (C=O) groups excluding carboxylic acids is 1. The van der Waals surface area contributed by atoms with Crippen molar-refractivity contribution in [1.82, 2.24) is 29.5 Å². The quantitative estimate of drug-likeness (QED) is 0.0699. The van der Waals surface area contributed by atoms with Gasteiger partial charge in [0.2, 0.25) is 0 Å². The molecule has 3 aliphatic carbocycles. The number of hydrogen-bond acceptors (Lipinski definition) is 17. The fraction of sp³-hybridized carbons (Fsp3) is 0.492. The number of ether oxygens (including phenoxy) is 4. The Morgan fingerprint density at radius 3 is 2.37 bits per heavy atom. The van der Waals surface area contributed by atoms with Crippen molar-refractivity contribution in [2.75, 3.05) is 82.9 Å². The van der Waals surface area contributed by atoms with Crippen molar-refractivity contribution in [3.63, 3.8) is 0 Å². The smallest absolute Gasteiger partial charge is 0.268 e. The van der Waals surface area contributed by atoms with Gasteiger partial charge >= 0.3 is 0 Å². The highest BCUT2D eigenvalue weighted by Gasteiger charge is 2.50. The van der Waals surface area contributed by atoms with Gasteiger partial charge in [-0.15, -0.1) is 0 Å². The number of piperazine rings is 1. The van der Waals surface area contributed by atoms with Crippen LogP contribution in [0.5, 0.6) is 29.0 Å². The third kappa shape index (κ3) is 12.0. The maximum Gasteiger partial charge on any atom is 0.268 e. The number of nitrogens with zero attached hydrogens (tertiary/aromatic N) is 7. The van der Waals surface area contributed by atoms with Crippen LogP contribution < -0.4 is 38.9 Å². The molecular formula is C59H73FN9O9S-. The van der Waals surface area contributed by atoms with Gasteiger partial charge < -0.3 is 44.5 Å². The number of nitrogens with one attached hydrogen (secondary N) is 2. The Morgan fingerprint density at radius 2 is 1.66 bits per heavy atom. The summed E-state index contributed by atoms with van der Waals surface area (Å²) >= 11 is 0. The lowest BCUT2D eigenvalue weighted by Crippen LogP contribution is -2.60. The molecule has 3 N–H and O–H groups in total. The summed E-state index contributed by atoms with van der Waals surface area (Å²) in [6.45, 7) is 11.8. The van der Waals surface area contributed by atoms with Gasteiger partial charge in [-0.1, -0.05) is 38.1 Å². The van der Waals surface area contributed by atoms with Crippen LogP contribution in [0, 0.1) is 16.5 Å². The number of sulfonamides is 1. The number of aromatic nitrogens is 3. The van der Waals surface area contributed by atoms with Crippen LogP contribution >= 0.6 is 0 Å². The monoisotopic (exact) mass is 1100 g/mol. The van der Waals surface area contributed by atoms with E-state index in [1.165, 1.54) is 49.6 Å². The maximum absolute atomic E-state index is 15.0. The number of rotatable bonds is 18. The van der Waals surface area contributed by atoms with E-state index >= 15 is 4.39 Å². The molecule has 18 nitrogen and oxygen atoms in total. The summed E-state index contributed by atoms with van der Waals surface area (Å²) in [5.74, 6) is 0.552. The minimum atomic E-state index is -4.60. The SMILES string of the molecule is COc1cc(CN2CCN(C3CC4(CCN(c5ccc(C(=O)NS(=O)(=O)c6cnc(NCC7CCC(C)(O)CC7)c(N(C)[O-])c6)c(Oc6cc7c(nc6OC)CC=C7F)c5)CC4)C3)C(c3ccccc3C(C)C)C2)cnc1OC. The van der Waals surface area contributed by atoms with Crippen LogP contribution in [-0.2, 0) is 23.0 Å². The zero-order chi connectivity index (χ0) is 55.8. The number of aliphatic hydroxyl groups is 1. The van der Waals surface area contributed by atoms with E-state index in [-0.39, 0.29) is 63.8 Å². The number of halogens is 1. The average Bonchev–Trinajstić information content (AvgIpc) is 3.95. The number of allylic oxidation sites excluding steroid dienone is 1. The molecule has 4 fully saturated rings. The Kier molecular flexibility index (Phi) is 16.1. The summed E-state index contributed by atoms with van der Waals surface area (Å²) in [6.07, 6.45) is 11.6. The molecule has 2 aromatic carbocycles. The van der Waals surface area contributed by atoms with Gasteiger partial charge in [0, 0.05) is 94.0 Å². The largest absolute Gasteiger partial charge is 0.758 e. The number of hydroxylamine groups is 1. The molecule has 3 aromatic heterocycles. The maximum atomic E-state index is 15.0. The highest BCUT2D eigenvalue weighted by Crippen LogP contribution is 2.54. The van der Waals surface area contributed by atoms with Gasteiger partial charge in [0.1, 0.15) is 22.3 Å². The van der Waals surface area contributed by atoms with Gasteiger partial charge in [-0.25, -0.2) is 32.5 Å². The highest BCUT2D eigenvalue weighted by molar-refractivity contribution is 7.90. The minimum absolute atomic E-state index is 0.00719. The third-order valence-electron chi connectivity index (χ3n) is 17.0. The molecular weight excluding hydrogens is 1030 g/mol. The third-order valence-corrected chi connectivity index (χ3v) is 18.3. The molecule has 2 saturated carbocycles. The van der Waals surface area contributed by atoms with E-state index in [1.54, 1.807) is 26.4 Å². The number of methoxy groups -OCH3 is 3. The van der Waals surface area contributed by atoms with E-state index in [4.69, 9.17) is 18.9 Å². The first-order valence-corrected chi connectivity index (χ1v) is 28.9. The fourth-order valence-electron chi connectivity index (χ4n) is 12.4. The van der Waals surface area contributed by atoms with Gasteiger partial charge in [-0.05, 0) is 136 Å². The van der Waals surface area contributed by atoms with Crippen molar-refractivity contribution in [2.24, 2.45) is 11.3 Å². The summed E-state index contributed by atoms with van der Waals surface area (Å²) < 4.78 is 68.3. The summed E-state index contributed by atoms with van der Waals surface area (Å²) in [5.41, 5.74) is 4.63. The molecule has 0 radical (unpaired) electrons. The molecule has 5 aliphatic rings. The molecule has 2 aliphatic heterocycles. The van der Waals surface area contributed by atoms with Crippen molar-refractivity contribution in [1.29, 1.82) is 0 Å². The van der Waals surface area contributed by atoms with Gasteiger partial charge in [-0.3, -0.25) is 14.6 Å². The van der Waals surface area contributed by atoms with E-state index in [0.717, 1.165) is 95.2 Å². The second-order valence-corrected chi connectivity index (χ2v) is 24.4. The topological polar surface area (TPSA) is 207 Å². The van der Waals surface area contributed by atoms with Gasteiger partial charge in [0.25, 0.3) is 27.7 Å². The van der Waals surface area contributed by atoms with Crippen molar-refractivity contribution >= 4 is 38.9 Å². The van der Waals surface area contributed by atoms with Crippen LogP contribution in [0.3, 0.4) is 0 Å². The van der Waals surface area contributed by atoms with Crippen LogP contribution in [-0.4, -0.2) is 123 Å². The molecule has 2 saturated heterocycles. The van der Waals surface area contributed by atoms with Crippen molar-refractivity contribution in [3.8, 4) is 29.0 Å². The molecule has 10 rings (SSSR count). The Bertz CT molecular complexity index is 3190.